The van der Waals surface area contributed by atoms with E-state index in [1.165, 1.54) is 18.4 Å². The Labute approximate surface area is 134 Å². The zero-order valence-electron chi connectivity index (χ0n) is 12.5. The molecule has 4 heteroatoms. The molecule has 2 aromatic rings. The first kappa shape index (κ1) is 14.8. The van der Waals surface area contributed by atoms with Gasteiger partial charge in [0, 0.05) is 13.5 Å². The van der Waals surface area contributed by atoms with Crippen LogP contribution in [0.2, 0.25) is 0 Å². The van der Waals surface area contributed by atoms with Gasteiger partial charge in [-0.2, -0.15) is 5.10 Å². The standard InChI is InChI=1S/C17H21BrN2O/c1-3-14-17(18)15(20(2)19-14)10-16(21)13-7-5-4-6-12(13)11-8-9-11/h4-7,11,16,21H,3,8-10H2,1-2H3. The lowest BCUT2D eigenvalue weighted by Gasteiger charge is -2.16. The number of aliphatic hydroxyl groups excluding tert-OH is 1. The van der Waals surface area contributed by atoms with Crippen LogP contribution in [0.3, 0.4) is 0 Å². The van der Waals surface area contributed by atoms with Gasteiger partial charge in [0.05, 0.1) is 22.0 Å². The van der Waals surface area contributed by atoms with Crippen LogP contribution in [-0.2, 0) is 19.9 Å². The minimum Gasteiger partial charge on any atom is -0.388 e. The van der Waals surface area contributed by atoms with Crippen LogP contribution in [0.5, 0.6) is 0 Å². The van der Waals surface area contributed by atoms with Gasteiger partial charge >= 0.3 is 0 Å². The summed E-state index contributed by atoms with van der Waals surface area (Å²) in [5, 5.41) is 15.2. The third kappa shape index (κ3) is 2.92. The molecule has 1 saturated carbocycles. The zero-order valence-corrected chi connectivity index (χ0v) is 14.1. The fourth-order valence-corrected chi connectivity index (χ4v) is 3.69. The van der Waals surface area contributed by atoms with E-state index in [2.05, 4.69) is 46.2 Å². The first-order chi connectivity index (χ1) is 10.1. The van der Waals surface area contributed by atoms with Crippen LogP contribution in [0.15, 0.2) is 28.7 Å². The smallest absolute Gasteiger partial charge is 0.0848 e. The van der Waals surface area contributed by atoms with Crippen molar-refractivity contribution in [2.75, 3.05) is 0 Å². The molecular weight excluding hydrogens is 328 g/mol. The molecule has 1 aromatic heterocycles. The summed E-state index contributed by atoms with van der Waals surface area (Å²) >= 11 is 3.63. The Morgan fingerprint density at radius 2 is 2.10 bits per heavy atom. The minimum absolute atomic E-state index is 0.474. The van der Waals surface area contributed by atoms with E-state index in [-0.39, 0.29) is 0 Å². The third-order valence-corrected chi connectivity index (χ3v) is 5.18. The molecule has 1 atom stereocenters. The Hall–Kier alpha value is -1.13. The highest BCUT2D eigenvalue weighted by molar-refractivity contribution is 9.10. The van der Waals surface area contributed by atoms with Crippen LogP contribution in [0.4, 0.5) is 0 Å². The molecule has 0 saturated heterocycles. The monoisotopic (exact) mass is 348 g/mol. The van der Waals surface area contributed by atoms with Gasteiger partial charge < -0.3 is 5.11 Å². The summed E-state index contributed by atoms with van der Waals surface area (Å²) in [4.78, 5) is 0. The predicted molar refractivity (Wildman–Crippen MR) is 87.4 cm³/mol. The molecule has 3 rings (SSSR count). The maximum atomic E-state index is 10.7. The Bertz CT molecular complexity index is 646. The lowest BCUT2D eigenvalue weighted by Crippen LogP contribution is -2.08. The van der Waals surface area contributed by atoms with Crippen LogP contribution in [0.25, 0.3) is 0 Å². The van der Waals surface area contributed by atoms with Crippen molar-refractivity contribution in [1.29, 1.82) is 0 Å². The number of hydrogen-bond acceptors (Lipinski definition) is 2. The highest BCUT2D eigenvalue weighted by Gasteiger charge is 2.28. The van der Waals surface area contributed by atoms with Crippen molar-refractivity contribution >= 4 is 15.9 Å². The number of rotatable bonds is 5. The summed E-state index contributed by atoms with van der Waals surface area (Å²) in [5.74, 6) is 0.650. The molecule has 1 unspecified atom stereocenters. The topological polar surface area (TPSA) is 38.0 Å². The van der Waals surface area contributed by atoms with Gasteiger partial charge in [0.25, 0.3) is 0 Å². The molecule has 21 heavy (non-hydrogen) atoms. The van der Waals surface area contributed by atoms with Gasteiger partial charge in [-0.15, -0.1) is 0 Å². The molecule has 0 bridgehead atoms. The average Bonchev–Trinajstić information content (AvgIpc) is 3.30. The molecule has 3 nitrogen and oxygen atoms in total. The Morgan fingerprint density at radius 3 is 2.71 bits per heavy atom. The molecule has 0 radical (unpaired) electrons. The van der Waals surface area contributed by atoms with E-state index >= 15 is 0 Å². The van der Waals surface area contributed by atoms with Crippen molar-refractivity contribution in [3.8, 4) is 0 Å². The first-order valence-electron chi connectivity index (χ1n) is 7.59. The molecule has 1 aliphatic rings. The van der Waals surface area contributed by atoms with Crippen LogP contribution in [0.1, 0.15) is 54.3 Å². The molecule has 0 amide bonds. The van der Waals surface area contributed by atoms with Gasteiger partial charge in [0.1, 0.15) is 0 Å². The van der Waals surface area contributed by atoms with E-state index in [0.29, 0.717) is 12.3 Å². The second-order valence-electron chi connectivity index (χ2n) is 5.81. The van der Waals surface area contributed by atoms with Crippen LogP contribution in [-0.4, -0.2) is 14.9 Å². The molecule has 1 aromatic carbocycles. The number of aromatic nitrogens is 2. The summed E-state index contributed by atoms with van der Waals surface area (Å²) in [5.41, 5.74) is 4.50. The maximum Gasteiger partial charge on any atom is 0.0848 e. The number of halogens is 1. The number of nitrogens with zero attached hydrogens (tertiary/aromatic N) is 2. The Kier molecular flexibility index (Phi) is 4.18. The number of benzene rings is 1. The minimum atomic E-state index is -0.474. The predicted octanol–water partition coefficient (Wildman–Crippen LogP) is 3.90. The second kappa shape index (κ2) is 5.93. The van der Waals surface area contributed by atoms with E-state index in [4.69, 9.17) is 0 Å². The van der Waals surface area contributed by atoms with E-state index in [1.54, 1.807) is 0 Å². The molecule has 0 aliphatic heterocycles. The highest BCUT2D eigenvalue weighted by atomic mass is 79.9. The summed E-state index contributed by atoms with van der Waals surface area (Å²) in [6.45, 7) is 2.09. The molecule has 112 valence electrons. The first-order valence-corrected chi connectivity index (χ1v) is 8.38. The number of hydrogen-bond donors (Lipinski definition) is 1. The largest absolute Gasteiger partial charge is 0.388 e. The van der Waals surface area contributed by atoms with Gasteiger partial charge in [0.2, 0.25) is 0 Å². The summed E-state index contributed by atoms with van der Waals surface area (Å²) < 4.78 is 2.92. The highest BCUT2D eigenvalue weighted by Crippen LogP contribution is 2.43. The van der Waals surface area contributed by atoms with Crippen LogP contribution >= 0.6 is 15.9 Å². The van der Waals surface area contributed by atoms with E-state index in [9.17, 15) is 5.11 Å². The fraction of sp³-hybridized carbons (Fsp3) is 0.471. The lowest BCUT2D eigenvalue weighted by atomic mass is 9.96. The van der Waals surface area contributed by atoms with E-state index in [0.717, 1.165) is 27.8 Å². The molecule has 1 fully saturated rings. The van der Waals surface area contributed by atoms with Crippen LogP contribution in [0, 0.1) is 0 Å². The normalized spacial score (nSPS) is 16.2. The van der Waals surface area contributed by atoms with Gasteiger partial charge in [-0.05, 0) is 52.2 Å². The van der Waals surface area contributed by atoms with E-state index in [1.807, 2.05) is 17.8 Å². The molecular formula is C17H21BrN2O. The summed E-state index contributed by atoms with van der Waals surface area (Å²) in [7, 11) is 1.94. The SMILES string of the molecule is CCc1nn(C)c(CC(O)c2ccccc2C2CC2)c1Br. The van der Waals surface area contributed by atoms with Crippen molar-refractivity contribution in [2.45, 2.75) is 44.6 Å². The summed E-state index contributed by atoms with van der Waals surface area (Å²) in [6.07, 6.45) is 3.51. The van der Waals surface area contributed by atoms with Crippen LogP contribution < -0.4 is 0 Å². The van der Waals surface area contributed by atoms with Gasteiger partial charge in [-0.3, -0.25) is 4.68 Å². The maximum absolute atomic E-state index is 10.7. The molecule has 1 aliphatic carbocycles. The fourth-order valence-electron chi connectivity index (χ4n) is 2.92. The van der Waals surface area contributed by atoms with Crippen molar-refractivity contribution in [2.24, 2.45) is 7.05 Å². The molecule has 1 N–H and O–H groups in total. The van der Waals surface area contributed by atoms with Crippen molar-refractivity contribution < 1.29 is 5.11 Å². The lowest BCUT2D eigenvalue weighted by molar-refractivity contribution is 0.174. The third-order valence-electron chi connectivity index (χ3n) is 4.26. The molecule has 0 spiro atoms. The van der Waals surface area contributed by atoms with Gasteiger partial charge in [0.15, 0.2) is 0 Å². The van der Waals surface area contributed by atoms with E-state index < -0.39 is 6.10 Å². The van der Waals surface area contributed by atoms with Crippen molar-refractivity contribution in [3.05, 3.63) is 51.3 Å². The zero-order chi connectivity index (χ0) is 15.0. The summed E-state index contributed by atoms with van der Waals surface area (Å²) in [6, 6.07) is 8.30. The Morgan fingerprint density at radius 1 is 1.38 bits per heavy atom. The quantitative estimate of drug-likeness (QED) is 0.889. The number of aryl methyl sites for hydroxylation is 2. The second-order valence-corrected chi connectivity index (χ2v) is 6.60. The van der Waals surface area contributed by atoms with Crippen molar-refractivity contribution in [1.82, 2.24) is 9.78 Å². The van der Waals surface area contributed by atoms with Gasteiger partial charge in [-0.1, -0.05) is 31.2 Å². The number of aliphatic hydroxyl groups is 1. The molecule has 1 heterocycles. The average molecular weight is 349 g/mol. The Balaban J connectivity index is 1.87. The van der Waals surface area contributed by atoms with Gasteiger partial charge in [-0.25, -0.2) is 0 Å². The van der Waals surface area contributed by atoms with Crippen molar-refractivity contribution in [3.63, 3.8) is 0 Å².